The fraction of sp³-hybridized carbons (Fsp3) is 0.231. The number of aliphatic hydroxyl groups excluding tert-OH is 1. The van der Waals surface area contributed by atoms with Gasteiger partial charge in [0.25, 0.3) is 0 Å². The highest BCUT2D eigenvalue weighted by Crippen LogP contribution is 2.29. The van der Waals surface area contributed by atoms with Gasteiger partial charge >= 0.3 is 0 Å². The largest absolute Gasteiger partial charge is 0.384 e. The van der Waals surface area contributed by atoms with E-state index in [2.05, 4.69) is 0 Å². The number of halogens is 1. The van der Waals surface area contributed by atoms with Crippen LogP contribution in [0.3, 0.4) is 0 Å². The summed E-state index contributed by atoms with van der Waals surface area (Å²) in [7, 11) is 0. The Bertz CT molecular complexity index is 504. The zero-order chi connectivity index (χ0) is 11.7. The number of rotatable bonds is 2. The van der Waals surface area contributed by atoms with Gasteiger partial charge in [-0.05, 0) is 36.9 Å². The number of hydrogen-bond donors (Lipinski definition) is 1. The van der Waals surface area contributed by atoms with Crippen LogP contribution in [0.15, 0.2) is 29.6 Å². The van der Waals surface area contributed by atoms with E-state index in [1.807, 2.05) is 25.3 Å². The first-order chi connectivity index (χ1) is 7.59. The van der Waals surface area contributed by atoms with Crippen molar-refractivity contribution in [2.24, 2.45) is 0 Å². The molecular formula is C13H13FOS. The molecule has 0 fully saturated rings. The average Bonchev–Trinajstić information content (AvgIpc) is 2.67. The Labute approximate surface area is 98.2 Å². The van der Waals surface area contributed by atoms with Crippen molar-refractivity contribution < 1.29 is 9.50 Å². The summed E-state index contributed by atoms with van der Waals surface area (Å²) in [4.78, 5) is 1.02. The summed E-state index contributed by atoms with van der Waals surface area (Å²) in [5, 5.41) is 12.0. The van der Waals surface area contributed by atoms with Crippen LogP contribution in [0.25, 0.3) is 0 Å². The van der Waals surface area contributed by atoms with E-state index < -0.39 is 6.10 Å². The van der Waals surface area contributed by atoms with Crippen LogP contribution in [0.5, 0.6) is 0 Å². The van der Waals surface area contributed by atoms with E-state index in [-0.39, 0.29) is 5.82 Å². The van der Waals surface area contributed by atoms with Crippen LogP contribution in [-0.2, 0) is 0 Å². The third-order valence-corrected chi connectivity index (χ3v) is 3.50. The van der Waals surface area contributed by atoms with Crippen molar-refractivity contribution in [2.75, 3.05) is 0 Å². The standard InChI is InChI=1S/C13H13FOS/c1-8-3-4-12(14)11(7-8)13(15)10-5-6-16-9(10)2/h3-7,13,15H,1-2H3. The Hall–Kier alpha value is -1.19. The highest BCUT2D eigenvalue weighted by atomic mass is 32.1. The molecule has 1 aromatic carbocycles. The molecule has 84 valence electrons. The third kappa shape index (κ3) is 2.01. The second-order valence-electron chi connectivity index (χ2n) is 3.86. The third-order valence-electron chi connectivity index (χ3n) is 2.64. The molecule has 0 spiro atoms. The van der Waals surface area contributed by atoms with Gasteiger partial charge in [0.2, 0.25) is 0 Å². The Morgan fingerprint density at radius 1 is 1.19 bits per heavy atom. The predicted octanol–water partition coefficient (Wildman–Crippen LogP) is 3.59. The molecular weight excluding hydrogens is 223 g/mol. The molecule has 0 aliphatic carbocycles. The predicted molar refractivity (Wildman–Crippen MR) is 64.3 cm³/mol. The molecule has 1 aromatic heterocycles. The summed E-state index contributed by atoms with van der Waals surface area (Å²) < 4.78 is 13.6. The molecule has 0 amide bonds. The van der Waals surface area contributed by atoms with Gasteiger partial charge in [-0.3, -0.25) is 0 Å². The van der Waals surface area contributed by atoms with Crippen molar-refractivity contribution in [1.29, 1.82) is 0 Å². The van der Waals surface area contributed by atoms with E-state index in [0.717, 1.165) is 16.0 Å². The Morgan fingerprint density at radius 3 is 2.56 bits per heavy atom. The van der Waals surface area contributed by atoms with E-state index >= 15 is 0 Å². The van der Waals surface area contributed by atoms with Crippen LogP contribution in [-0.4, -0.2) is 5.11 Å². The minimum absolute atomic E-state index is 0.349. The van der Waals surface area contributed by atoms with Gasteiger partial charge in [-0.15, -0.1) is 11.3 Å². The lowest BCUT2D eigenvalue weighted by molar-refractivity contribution is 0.214. The SMILES string of the molecule is Cc1ccc(F)c(C(O)c2ccsc2C)c1. The van der Waals surface area contributed by atoms with Crippen molar-refractivity contribution in [3.63, 3.8) is 0 Å². The number of thiophene rings is 1. The summed E-state index contributed by atoms with van der Waals surface area (Å²) in [5.74, 6) is -0.358. The Morgan fingerprint density at radius 2 is 1.94 bits per heavy atom. The molecule has 1 unspecified atom stereocenters. The van der Waals surface area contributed by atoms with Crippen molar-refractivity contribution in [1.82, 2.24) is 0 Å². The number of benzene rings is 1. The van der Waals surface area contributed by atoms with Crippen LogP contribution in [0, 0.1) is 19.7 Å². The van der Waals surface area contributed by atoms with Gasteiger partial charge in [0.15, 0.2) is 0 Å². The van der Waals surface area contributed by atoms with E-state index in [9.17, 15) is 9.50 Å². The van der Waals surface area contributed by atoms with Crippen molar-refractivity contribution >= 4 is 11.3 Å². The normalized spacial score (nSPS) is 12.8. The molecule has 2 rings (SSSR count). The van der Waals surface area contributed by atoms with Crippen LogP contribution in [0.1, 0.15) is 27.7 Å². The van der Waals surface area contributed by atoms with Gasteiger partial charge in [0, 0.05) is 10.4 Å². The lowest BCUT2D eigenvalue weighted by atomic mass is 10.0. The molecule has 1 N–H and O–H groups in total. The molecule has 1 atom stereocenters. The highest BCUT2D eigenvalue weighted by molar-refractivity contribution is 7.10. The van der Waals surface area contributed by atoms with Crippen LogP contribution < -0.4 is 0 Å². The molecule has 0 saturated heterocycles. The maximum Gasteiger partial charge on any atom is 0.129 e. The molecule has 1 heterocycles. The molecule has 0 aliphatic rings. The van der Waals surface area contributed by atoms with Gasteiger partial charge < -0.3 is 5.11 Å². The van der Waals surface area contributed by atoms with Crippen LogP contribution in [0.2, 0.25) is 0 Å². The monoisotopic (exact) mass is 236 g/mol. The van der Waals surface area contributed by atoms with Gasteiger partial charge in [0.05, 0.1) is 0 Å². The minimum Gasteiger partial charge on any atom is -0.384 e. The van der Waals surface area contributed by atoms with Crippen molar-refractivity contribution in [3.8, 4) is 0 Å². The fourth-order valence-electron chi connectivity index (χ4n) is 1.72. The summed E-state index contributed by atoms with van der Waals surface area (Å²) in [6, 6.07) is 6.63. The smallest absolute Gasteiger partial charge is 0.129 e. The molecule has 0 saturated carbocycles. The maximum absolute atomic E-state index is 13.6. The average molecular weight is 236 g/mol. The van der Waals surface area contributed by atoms with Gasteiger partial charge in [-0.25, -0.2) is 4.39 Å². The number of aryl methyl sites for hydroxylation is 2. The molecule has 2 aromatic rings. The molecule has 0 bridgehead atoms. The summed E-state index contributed by atoms with van der Waals surface area (Å²) in [5.41, 5.74) is 2.08. The zero-order valence-corrected chi connectivity index (χ0v) is 10.0. The quantitative estimate of drug-likeness (QED) is 0.845. The first kappa shape index (κ1) is 11.3. The zero-order valence-electron chi connectivity index (χ0n) is 9.20. The summed E-state index contributed by atoms with van der Waals surface area (Å²) in [6.07, 6.45) is -0.869. The molecule has 16 heavy (non-hydrogen) atoms. The second kappa shape index (κ2) is 4.36. The first-order valence-corrected chi connectivity index (χ1v) is 5.95. The second-order valence-corrected chi connectivity index (χ2v) is 4.98. The molecule has 0 radical (unpaired) electrons. The fourth-order valence-corrected chi connectivity index (χ4v) is 2.45. The van der Waals surface area contributed by atoms with Gasteiger partial charge in [0.1, 0.15) is 11.9 Å². The summed E-state index contributed by atoms with van der Waals surface area (Å²) in [6.45, 7) is 3.81. The van der Waals surface area contributed by atoms with E-state index in [1.165, 1.54) is 6.07 Å². The van der Waals surface area contributed by atoms with E-state index in [4.69, 9.17) is 0 Å². The Kier molecular flexibility index (Phi) is 3.08. The first-order valence-electron chi connectivity index (χ1n) is 5.07. The van der Waals surface area contributed by atoms with Crippen LogP contribution >= 0.6 is 11.3 Å². The maximum atomic E-state index is 13.6. The van der Waals surface area contributed by atoms with Crippen LogP contribution in [0.4, 0.5) is 4.39 Å². The van der Waals surface area contributed by atoms with Gasteiger partial charge in [-0.2, -0.15) is 0 Å². The van der Waals surface area contributed by atoms with E-state index in [1.54, 1.807) is 23.5 Å². The van der Waals surface area contributed by atoms with Gasteiger partial charge in [-0.1, -0.05) is 17.7 Å². The lowest BCUT2D eigenvalue weighted by Crippen LogP contribution is -2.03. The Balaban J connectivity index is 2.45. The molecule has 1 nitrogen and oxygen atoms in total. The topological polar surface area (TPSA) is 20.2 Å². The highest BCUT2D eigenvalue weighted by Gasteiger charge is 2.17. The summed E-state index contributed by atoms with van der Waals surface area (Å²) >= 11 is 1.56. The minimum atomic E-state index is -0.869. The number of aliphatic hydroxyl groups is 1. The molecule has 3 heteroatoms. The number of hydrogen-bond acceptors (Lipinski definition) is 2. The molecule has 0 aliphatic heterocycles. The van der Waals surface area contributed by atoms with Crippen molar-refractivity contribution in [2.45, 2.75) is 20.0 Å². The van der Waals surface area contributed by atoms with Crippen molar-refractivity contribution in [3.05, 3.63) is 57.0 Å². The van der Waals surface area contributed by atoms with E-state index in [0.29, 0.717) is 5.56 Å². The lowest BCUT2D eigenvalue weighted by Gasteiger charge is -2.12.